The van der Waals surface area contributed by atoms with Gasteiger partial charge in [0.15, 0.2) is 6.61 Å². The van der Waals surface area contributed by atoms with E-state index in [2.05, 4.69) is 12.2 Å². The average molecular weight is 368 g/mol. The third-order valence-electron chi connectivity index (χ3n) is 4.52. The summed E-state index contributed by atoms with van der Waals surface area (Å²) in [4.78, 5) is 26.8. The van der Waals surface area contributed by atoms with Crippen LogP contribution in [-0.2, 0) is 22.6 Å². The third-order valence-corrected chi connectivity index (χ3v) is 4.52. The number of aryl methyl sites for hydroxylation is 1. The van der Waals surface area contributed by atoms with Crippen LogP contribution >= 0.6 is 0 Å². The molecule has 5 heteroatoms. The van der Waals surface area contributed by atoms with Gasteiger partial charge in [-0.25, -0.2) is 0 Å². The lowest BCUT2D eigenvalue weighted by Gasteiger charge is -2.30. The number of amides is 2. The molecule has 0 heterocycles. The van der Waals surface area contributed by atoms with Gasteiger partial charge in [0.25, 0.3) is 5.91 Å². The highest BCUT2D eigenvalue weighted by atomic mass is 16.5. The highest BCUT2D eigenvalue weighted by Crippen LogP contribution is 2.15. The van der Waals surface area contributed by atoms with Gasteiger partial charge in [0.05, 0.1) is 0 Å². The molecule has 0 aliphatic carbocycles. The Morgan fingerprint density at radius 2 is 1.67 bits per heavy atom. The molecule has 0 spiro atoms. The van der Waals surface area contributed by atoms with Crippen molar-refractivity contribution in [2.45, 2.75) is 39.3 Å². The highest BCUT2D eigenvalue weighted by molar-refractivity contribution is 5.88. The maximum atomic E-state index is 12.9. The van der Waals surface area contributed by atoms with Gasteiger partial charge in [-0.1, -0.05) is 56.3 Å². The smallest absolute Gasteiger partial charge is 0.261 e. The van der Waals surface area contributed by atoms with Gasteiger partial charge < -0.3 is 15.0 Å². The molecule has 0 aromatic heterocycles. The molecule has 1 N–H and O–H groups in total. The molecular formula is C22H28N2O3. The lowest BCUT2D eigenvalue weighted by Crippen LogP contribution is -2.49. The van der Waals surface area contributed by atoms with Crippen molar-refractivity contribution >= 4 is 11.8 Å². The molecular weight excluding hydrogens is 340 g/mol. The predicted molar refractivity (Wildman–Crippen MR) is 106 cm³/mol. The lowest BCUT2D eigenvalue weighted by molar-refractivity contribution is -0.142. The topological polar surface area (TPSA) is 58.6 Å². The SMILES string of the molecule is CCc1ccc(OCC(=O)N(Cc2ccccc2)C(CC)C(=O)NC)cc1. The number of nitrogens with zero attached hydrogens (tertiary/aromatic N) is 1. The number of nitrogens with one attached hydrogen (secondary N) is 1. The second kappa shape index (κ2) is 10.4. The van der Waals surface area contributed by atoms with Gasteiger partial charge in [-0.05, 0) is 36.1 Å². The summed E-state index contributed by atoms with van der Waals surface area (Å²) in [5.41, 5.74) is 2.19. The molecule has 5 nitrogen and oxygen atoms in total. The Labute approximate surface area is 161 Å². The van der Waals surface area contributed by atoms with Gasteiger partial charge in [-0.15, -0.1) is 0 Å². The Balaban J connectivity index is 2.12. The first kappa shape index (κ1) is 20.5. The number of carbonyl (C=O) groups excluding carboxylic acids is 2. The molecule has 0 aliphatic rings. The van der Waals surface area contributed by atoms with Crippen molar-refractivity contribution in [3.8, 4) is 5.75 Å². The van der Waals surface area contributed by atoms with Crippen LogP contribution in [0, 0.1) is 0 Å². The Morgan fingerprint density at radius 3 is 2.22 bits per heavy atom. The minimum absolute atomic E-state index is 0.105. The number of rotatable bonds is 9. The number of hydrogen-bond donors (Lipinski definition) is 1. The van der Waals surface area contributed by atoms with E-state index in [1.54, 1.807) is 11.9 Å². The summed E-state index contributed by atoms with van der Waals surface area (Å²) in [5.74, 6) is 0.260. The van der Waals surface area contributed by atoms with Crippen molar-refractivity contribution < 1.29 is 14.3 Å². The summed E-state index contributed by atoms with van der Waals surface area (Å²) in [6, 6.07) is 16.8. The van der Waals surface area contributed by atoms with Crippen LogP contribution < -0.4 is 10.1 Å². The predicted octanol–water partition coefficient (Wildman–Crippen LogP) is 3.18. The highest BCUT2D eigenvalue weighted by Gasteiger charge is 2.28. The average Bonchev–Trinajstić information content (AvgIpc) is 2.72. The van der Waals surface area contributed by atoms with Gasteiger partial charge >= 0.3 is 0 Å². The molecule has 0 radical (unpaired) electrons. The number of benzene rings is 2. The molecule has 27 heavy (non-hydrogen) atoms. The maximum absolute atomic E-state index is 12.9. The molecule has 0 bridgehead atoms. The lowest BCUT2D eigenvalue weighted by atomic mass is 10.1. The van der Waals surface area contributed by atoms with Crippen molar-refractivity contribution in [3.05, 3.63) is 65.7 Å². The van der Waals surface area contributed by atoms with Gasteiger partial charge in [-0.3, -0.25) is 9.59 Å². The van der Waals surface area contributed by atoms with Crippen LogP contribution in [-0.4, -0.2) is 36.4 Å². The fraction of sp³-hybridized carbons (Fsp3) is 0.364. The summed E-state index contributed by atoms with van der Waals surface area (Å²) in [6.07, 6.45) is 1.48. The quantitative estimate of drug-likeness (QED) is 0.740. The van der Waals surface area contributed by atoms with E-state index in [9.17, 15) is 9.59 Å². The number of likely N-dealkylation sites (N-methyl/N-ethyl adjacent to an activating group) is 1. The molecule has 0 fully saturated rings. The van der Waals surface area contributed by atoms with Gasteiger partial charge in [0.1, 0.15) is 11.8 Å². The van der Waals surface area contributed by atoms with Crippen molar-refractivity contribution in [2.24, 2.45) is 0 Å². The van der Waals surface area contributed by atoms with E-state index in [1.165, 1.54) is 5.56 Å². The van der Waals surface area contributed by atoms with Crippen molar-refractivity contribution in [3.63, 3.8) is 0 Å². The zero-order valence-corrected chi connectivity index (χ0v) is 16.3. The molecule has 2 amide bonds. The monoisotopic (exact) mass is 368 g/mol. The van der Waals surface area contributed by atoms with E-state index in [1.807, 2.05) is 61.5 Å². The van der Waals surface area contributed by atoms with Crippen LogP contribution in [0.15, 0.2) is 54.6 Å². The summed E-state index contributed by atoms with van der Waals surface area (Å²) in [6.45, 7) is 4.25. The second-order valence-corrected chi connectivity index (χ2v) is 6.33. The first-order valence-corrected chi connectivity index (χ1v) is 9.35. The van der Waals surface area contributed by atoms with Crippen LogP contribution in [0.2, 0.25) is 0 Å². The van der Waals surface area contributed by atoms with Crippen LogP contribution in [0.25, 0.3) is 0 Å². The van der Waals surface area contributed by atoms with Crippen molar-refractivity contribution in [2.75, 3.05) is 13.7 Å². The Morgan fingerprint density at radius 1 is 1.00 bits per heavy atom. The molecule has 1 unspecified atom stereocenters. The van der Waals surface area contributed by atoms with Crippen LogP contribution in [0.1, 0.15) is 31.4 Å². The first-order chi connectivity index (χ1) is 13.1. The molecule has 1 atom stereocenters. The summed E-state index contributed by atoms with van der Waals surface area (Å²) >= 11 is 0. The van der Waals surface area contributed by atoms with Crippen molar-refractivity contribution in [1.29, 1.82) is 0 Å². The molecule has 144 valence electrons. The van der Waals surface area contributed by atoms with Crippen molar-refractivity contribution in [1.82, 2.24) is 10.2 Å². The van der Waals surface area contributed by atoms with Gasteiger partial charge in [0, 0.05) is 13.6 Å². The number of hydrogen-bond acceptors (Lipinski definition) is 3. The second-order valence-electron chi connectivity index (χ2n) is 6.33. The largest absolute Gasteiger partial charge is 0.484 e. The third kappa shape index (κ3) is 5.84. The number of ether oxygens (including phenoxy) is 1. The minimum Gasteiger partial charge on any atom is -0.484 e. The van der Waals surface area contributed by atoms with E-state index >= 15 is 0 Å². The Bertz CT molecular complexity index is 729. The zero-order chi connectivity index (χ0) is 19.6. The van der Waals surface area contributed by atoms with E-state index in [-0.39, 0.29) is 18.4 Å². The summed E-state index contributed by atoms with van der Waals surface area (Å²) in [5, 5.41) is 2.65. The normalized spacial score (nSPS) is 11.5. The van der Waals surface area contributed by atoms with E-state index in [0.717, 1.165) is 12.0 Å². The molecule has 2 aromatic carbocycles. The Hall–Kier alpha value is -2.82. The van der Waals surface area contributed by atoms with E-state index in [4.69, 9.17) is 4.74 Å². The van der Waals surface area contributed by atoms with E-state index in [0.29, 0.717) is 18.7 Å². The maximum Gasteiger partial charge on any atom is 0.261 e. The zero-order valence-electron chi connectivity index (χ0n) is 16.3. The van der Waals surface area contributed by atoms with Gasteiger partial charge in [0.2, 0.25) is 5.91 Å². The summed E-state index contributed by atoms with van der Waals surface area (Å²) < 4.78 is 5.67. The molecule has 0 saturated heterocycles. The minimum atomic E-state index is -0.534. The van der Waals surface area contributed by atoms with Crippen LogP contribution in [0.3, 0.4) is 0 Å². The van der Waals surface area contributed by atoms with Crippen LogP contribution in [0.4, 0.5) is 0 Å². The standard InChI is InChI=1S/C22H28N2O3/c1-4-17-11-13-19(14-12-17)27-16-21(25)24(20(5-2)22(26)23-3)15-18-9-7-6-8-10-18/h6-14,20H,4-5,15-16H2,1-3H3,(H,23,26). The molecule has 0 aliphatic heterocycles. The molecule has 2 aromatic rings. The number of carbonyl (C=O) groups is 2. The van der Waals surface area contributed by atoms with Crippen LogP contribution in [0.5, 0.6) is 5.75 Å². The molecule has 2 rings (SSSR count). The molecule has 0 saturated carbocycles. The summed E-state index contributed by atoms with van der Waals surface area (Å²) in [7, 11) is 1.59. The fourth-order valence-corrected chi connectivity index (χ4v) is 2.92. The first-order valence-electron chi connectivity index (χ1n) is 9.35. The fourth-order valence-electron chi connectivity index (χ4n) is 2.92. The Kier molecular flexibility index (Phi) is 7.86. The van der Waals surface area contributed by atoms with Gasteiger partial charge in [-0.2, -0.15) is 0 Å². The van der Waals surface area contributed by atoms with E-state index < -0.39 is 6.04 Å².